The zero-order valence-corrected chi connectivity index (χ0v) is 13.9. The fourth-order valence-electron chi connectivity index (χ4n) is 2.82. The van der Waals surface area contributed by atoms with E-state index in [0.29, 0.717) is 25.3 Å². The number of hydrogen-bond acceptors (Lipinski definition) is 4. The highest BCUT2D eigenvalue weighted by atomic mass is 79.9. The molecule has 7 heteroatoms. The van der Waals surface area contributed by atoms with Gasteiger partial charge in [-0.25, -0.2) is 4.98 Å². The predicted octanol–water partition coefficient (Wildman–Crippen LogP) is 2.30. The largest absolute Gasteiger partial charge is 0.481 e. The van der Waals surface area contributed by atoms with Crippen LogP contribution >= 0.6 is 15.9 Å². The van der Waals surface area contributed by atoms with E-state index in [0.717, 1.165) is 16.6 Å². The number of carboxylic acid groups (broad SMARTS) is 1. The second kappa shape index (κ2) is 6.54. The lowest BCUT2D eigenvalue weighted by Gasteiger charge is -2.31. The van der Waals surface area contributed by atoms with Crippen LogP contribution in [0.1, 0.15) is 12.8 Å². The zero-order valence-electron chi connectivity index (χ0n) is 12.4. The number of aliphatic carboxylic acids is 1. The van der Waals surface area contributed by atoms with Gasteiger partial charge < -0.3 is 10.0 Å². The second-order valence-electron chi connectivity index (χ2n) is 5.53. The van der Waals surface area contributed by atoms with E-state index in [1.54, 1.807) is 17.3 Å². The van der Waals surface area contributed by atoms with Crippen molar-refractivity contribution in [2.45, 2.75) is 12.8 Å². The van der Waals surface area contributed by atoms with Crippen molar-refractivity contribution in [1.29, 1.82) is 0 Å². The Labute approximate surface area is 141 Å². The highest BCUT2D eigenvalue weighted by molar-refractivity contribution is 9.10. The van der Waals surface area contributed by atoms with Crippen LogP contribution in [-0.4, -0.2) is 33.7 Å². The number of aromatic nitrogens is 2. The first-order valence-corrected chi connectivity index (χ1v) is 8.17. The molecule has 2 aromatic rings. The third-order valence-corrected chi connectivity index (χ3v) is 4.47. The van der Waals surface area contributed by atoms with Crippen molar-refractivity contribution < 1.29 is 9.90 Å². The van der Waals surface area contributed by atoms with E-state index in [2.05, 4.69) is 20.9 Å². The van der Waals surface area contributed by atoms with E-state index in [4.69, 9.17) is 0 Å². The molecule has 1 aromatic carbocycles. The normalized spacial score (nSPS) is 18.0. The van der Waals surface area contributed by atoms with Crippen LogP contribution < -0.4 is 10.5 Å². The molecule has 1 aromatic heterocycles. The lowest BCUT2D eigenvalue weighted by Crippen LogP contribution is -2.42. The van der Waals surface area contributed by atoms with Crippen molar-refractivity contribution in [2.75, 3.05) is 18.0 Å². The molecule has 120 valence electrons. The molecule has 23 heavy (non-hydrogen) atoms. The van der Waals surface area contributed by atoms with E-state index in [-0.39, 0.29) is 5.56 Å². The van der Waals surface area contributed by atoms with Gasteiger partial charge in [0, 0.05) is 35.6 Å². The predicted molar refractivity (Wildman–Crippen MR) is 90.1 cm³/mol. The summed E-state index contributed by atoms with van der Waals surface area (Å²) < 4.78 is 2.40. The molecule has 0 spiro atoms. The maximum atomic E-state index is 12.8. The maximum absolute atomic E-state index is 12.8. The van der Waals surface area contributed by atoms with Gasteiger partial charge >= 0.3 is 5.97 Å². The summed E-state index contributed by atoms with van der Waals surface area (Å²) in [7, 11) is 0. The zero-order chi connectivity index (χ0) is 16.4. The highest BCUT2D eigenvalue weighted by Gasteiger charge is 2.27. The van der Waals surface area contributed by atoms with Crippen molar-refractivity contribution in [2.24, 2.45) is 5.92 Å². The summed E-state index contributed by atoms with van der Waals surface area (Å²) in [4.78, 5) is 29.9. The van der Waals surface area contributed by atoms with Crippen LogP contribution in [0.2, 0.25) is 0 Å². The van der Waals surface area contributed by atoms with Crippen LogP contribution in [0.4, 0.5) is 5.82 Å². The summed E-state index contributed by atoms with van der Waals surface area (Å²) in [6.07, 6.45) is 4.57. The molecule has 0 amide bonds. The van der Waals surface area contributed by atoms with E-state index in [9.17, 15) is 14.7 Å². The molecule has 2 heterocycles. The monoisotopic (exact) mass is 377 g/mol. The molecule has 1 aliphatic rings. The van der Waals surface area contributed by atoms with Gasteiger partial charge in [-0.05, 0) is 31.0 Å². The Balaban J connectivity index is 1.97. The van der Waals surface area contributed by atoms with Crippen molar-refractivity contribution in [3.05, 3.63) is 51.5 Å². The first kappa shape index (κ1) is 15.7. The minimum Gasteiger partial charge on any atom is -0.481 e. The molecule has 1 aliphatic heterocycles. The maximum Gasteiger partial charge on any atom is 0.308 e. The first-order chi connectivity index (χ1) is 11.1. The molecular weight excluding hydrogens is 362 g/mol. The molecule has 1 atom stereocenters. The summed E-state index contributed by atoms with van der Waals surface area (Å²) >= 11 is 3.40. The third-order valence-electron chi connectivity index (χ3n) is 3.98. The summed E-state index contributed by atoms with van der Waals surface area (Å²) in [6, 6.07) is 7.43. The Morgan fingerprint density at radius 3 is 2.96 bits per heavy atom. The summed E-state index contributed by atoms with van der Waals surface area (Å²) in [5.74, 6) is -0.971. The smallest absolute Gasteiger partial charge is 0.308 e. The molecule has 0 bridgehead atoms. The van der Waals surface area contributed by atoms with Crippen molar-refractivity contribution in [3.63, 3.8) is 0 Å². The quantitative estimate of drug-likeness (QED) is 0.887. The van der Waals surface area contributed by atoms with E-state index in [1.165, 1.54) is 4.57 Å². The number of carboxylic acids is 1. The van der Waals surface area contributed by atoms with Gasteiger partial charge in [-0.2, -0.15) is 0 Å². The van der Waals surface area contributed by atoms with Crippen LogP contribution in [0.15, 0.2) is 45.9 Å². The van der Waals surface area contributed by atoms with Crippen molar-refractivity contribution in [3.8, 4) is 5.69 Å². The van der Waals surface area contributed by atoms with E-state index >= 15 is 0 Å². The molecule has 0 saturated carbocycles. The van der Waals surface area contributed by atoms with Gasteiger partial charge in [-0.3, -0.25) is 14.2 Å². The van der Waals surface area contributed by atoms with Crippen LogP contribution in [-0.2, 0) is 4.79 Å². The van der Waals surface area contributed by atoms with Crippen LogP contribution in [0.3, 0.4) is 0 Å². The Hall–Kier alpha value is -2.15. The Kier molecular flexibility index (Phi) is 4.47. The number of carbonyl (C=O) groups is 1. The molecule has 0 aliphatic carbocycles. The van der Waals surface area contributed by atoms with Crippen LogP contribution in [0.5, 0.6) is 0 Å². The van der Waals surface area contributed by atoms with Gasteiger partial charge in [0.25, 0.3) is 5.56 Å². The van der Waals surface area contributed by atoms with Gasteiger partial charge in [-0.15, -0.1) is 0 Å². The fraction of sp³-hybridized carbons (Fsp3) is 0.312. The molecule has 1 fully saturated rings. The van der Waals surface area contributed by atoms with Gasteiger partial charge in [0.2, 0.25) is 0 Å². The number of anilines is 1. The topological polar surface area (TPSA) is 75.4 Å². The minimum absolute atomic E-state index is 0.239. The Bertz CT molecular complexity index is 790. The fourth-order valence-corrected chi connectivity index (χ4v) is 3.21. The molecule has 6 nitrogen and oxygen atoms in total. The number of nitrogens with zero attached hydrogens (tertiary/aromatic N) is 3. The van der Waals surface area contributed by atoms with Gasteiger partial charge in [-0.1, -0.05) is 22.0 Å². The van der Waals surface area contributed by atoms with E-state index < -0.39 is 11.9 Å². The number of halogens is 1. The summed E-state index contributed by atoms with van der Waals surface area (Å²) in [6.45, 7) is 0.967. The van der Waals surface area contributed by atoms with Crippen LogP contribution in [0, 0.1) is 5.92 Å². The van der Waals surface area contributed by atoms with Gasteiger partial charge in [0.15, 0.2) is 5.82 Å². The van der Waals surface area contributed by atoms with Crippen molar-refractivity contribution >= 4 is 27.7 Å². The molecule has 1 saturated heterocycles. The number of rotatable bonds is 3. The third kappa shape index (κ3) is 3.29. The lowest BCUT2D eigenvalue weighted by molar-refractivity contribution is -0.141. The molecule has 3 rings (SSSR count). The van der Waals surface area contributed by atoms with E-state index in [1.807, 2.05) is 24.3 Å². The second-order valence-corrected chi connectivity index (χ2v) is 6.44. The standard InChI is InChI=1S/C16H16BrN3O3/c17-12-4-1-5-13(9-12)20-8-6-18-14(15(20)21)19-7-2-3-11(10-19)16(22)23/h1,4-6,8-9,11H,2-3,7,10H2,(H,22,23). The molecule has 0 radical (unpaired) electrons. The lowest BCUT2D eigenvalue weighted by atomic mass is 9.98. The molecule has 1 N–H and O–H groups in total. The van der Waals surface area contributed by atoms with Crippen molar-refractivity contribution in [1.82, 2.24) is 9.55 Å². The summed E-state index contributed by atoms with van der Waals surface area (Å²) in [5, 5.41) is 9.20. The number of hydrogen-bond donors (Lipinski definition) is 1. The average molecular weight is 378 g/mol. The summed E-state index contributed by atoms with van der Waals surface area (Å²) in [5.41, 5.74) is 0.497. The average Bonchev–Trinajstić information content (AvgIpc) is 2.55. The number of benzene rings is 1. The number of piperidine rings is 1. The Morgan fingerprint density at radius 2 is 2.22 bits per heavy atom. The van der Waals surface area contributed by atoms with Gasteiger partial charge in [0.1, 0.15) is 0 Å². The molecule has 1 unspecified atom stereocenters. The van der Waals surface area contributed by atoms with Gasteiger partial charge in [0.05, 0.1) is 5.92 Å². The SMILES string of the molecule is O=C(O)C1CCCN(c2nccn(-c3cccc(Br)c3)c2=O)C1. The minimum atomic E-state index is -0.821. The van der Waals surface area contributed by atoms with Crippen LogP contribution in [0.25, 0.3) is 5.69 Å². The highest BCUT2D eigenvalue weighted by Crippen LogP contribution is 2.20. The molecular formula is C16H16BrN3O3. The first-order valence-electron chi connectivity index (χ1n) is 7.37. The Morgan fingerprint density at radius 1 is 1.39 bits per heavy atom.